The van der Waals surface area contributed by atoms with Crippen molar-refractivity contribution in [3.63, 3.8) is 0 Å². The van der Waals surface area contributed by atoms with E-state index < -0.39 is 0 Å². The third-order valence-electron chi connectivity index (χ3n) is 4.03. The Bertz CT molecular complexity index is 305. The van der Waals surface area contributed by atoms with E-state index in [1.165, 1.54) is 5.75 Å². The highest BCUT2D eigenvalue weighted by Gasteiger charge is 2.42. The first kappa shape index (κ1) is 14.4. The monoisotopic (exact) mass is 271 g/mol. The summed E-state index contributed by atoms with van der Waals surface area (Å²) in [6.07, 6.45) is 4.35. The van der Waals surface area contributed by atoms with Gasteiger partial charge in [0.15, 0.2) is 0 Å². The second-order valence-electron chi connectivity index (χ2n) is 6.48. The third kappa shape index (κ3) is 3.72. The van der Waals surface area contributed by atoms with Crippen LogP contribution < -0.4 is 5.73 Å². The zero-order valence-electron chi connectivity index (χ0n) is 11.5. The van der Waals surface area contributed by atoms with Gasteiger partial charge >= 0.3 is 0 Å². The molecule has 0 aromatic carbocycles. The molecule has 2 unspecified atom stereocenters. The molecule has 0 bridgehead atoms. The highest BCUT2D eigenvalue weighted by molar-refractivity contribution is 7.99. The highest BCUT2D eigenvalue weighted by Crippen LogP contribution is 2.40. The van der Waals surface area contributed by atoms with E-state index in [2.05, 4.69) is 0 Å². The Balaban J connectivity index is 1.86. The van der Waals surface area contributed by atoms with Crippen molar-refractivity contribution in [2.45, 2.75) is 57.1 Å². The first-order valence-electron chi connectivity index (χ1n) is 6.94. The molecule has 18 heavy (non-hydrogen) atoms. The first-order valence-corrected chi connectivity index (χ1v) is 8.09. The van der Waals surface area contributed by atoms with Gasteiger partial charge in [-0.1, -0.05) is 0 Å². The number of carbonyl (C=O) groups excluding carboxylic acids is 1. The van der Waals surface area contributed by atoms with E-state index in [0.717, 1.165) is 38.0 Å². The standard InChI is InChI=1S/C14H25NO2S/c1-13(2,15)5-3-12(16)11-4-7-17-14(9-11)6-8-18-10-14/h11H,3-10,15H2,1-2H3. The molecule has 2 atom stereocenters. The van der Waals surface area contributed by atoms with E-state index >= 15 is 0 Å². The quantitative estimate of drug-likeness (QED) is 0.853. The highest BCUT2D eigenvalue weighted by atomic mass is 32.2. The fraction of sp³-hybridized carbons (Fsp3) is 0.929. The molecule has 0 aromatic rings. The van der Waals surface area contributed by atoms with Gasteiger partial charge in [-0.25, -0.2) is 0 Å². The van der Waals surface area contributed by atoms with Gasteiger partial charge in [0.1, 0.15) is 5.78 Å². The molecule has 2 N–H and O–H groups in total. The molecule has 3 nitrogen and oxygen atoms in total. The Morgan fingerprint density at radius 3 is 2.94 bits per heavy atom. The minimum Gasteiger partial charge on any atom is -0.374 e. The van der Waals surface area contributed by atoms with Crippen molar-refractivity contribution in [2.75, 3.05) is 18.1 Å². The second kappa shape index (κ2) is 5.51. The average molecular weight is 271 g/mol. The van der Waals surface area contributed by atoms with Crippen LogP contribution in [0.4, 0.5) is 0 Å². The molecule has 0 amide bonds. The maximum Gasteiger partial charge on any atom is 0.136 e. The number of ether oxygens (including phenoxy) is 1. The van der Waals surface area contributed by atoms with Crippen LogP contribution in [0.15, 0.2) is 0 Å². The smallest absolute Gasteiger partial charge is 0.136 e. The van der Waals surface area contributed by atoms with Crippen LogP contribution in [0, 0.1) is 5.92 Å². The predicted molar refractivity (Wildman–Crippen MR) is 75.9 cm³/mol. The zero-order valence-corrected chi connectivity index (χ0v) is 12.4. The minimum absolute atomic E-state index is 0.0154. The van der Waals surface area contributed by atoms with Crippen molar-refractivity contribution in [1.82, 2.24) is 0 Å². The van der Waals surface area contributed by atoms with Crippen molar-refractivity contribution < 1.29 is 9.53 Å². The van der Waals surface area contributed by atoms with Crippen LogP contribution >= 0.6 is 11.8 Å². The van der Waals surface area contributed by atoms with Crippen LogP contribution in [0.25, 0.3) is 0 Å². The number of rotatable bonds is 4. The molecule has 2 aliphatic heterocycles. The van der Waals surface area contributed by atoms with Crippen LogP contribution in [-0.4, -0.2) is 35.0 Å². The second-order valence-corrected chi connectivity index (χ2v) is 7.58. The molecule has 2 heterocycles. The number of ketones is 1. The Hall–Kier alpha value is -0.0600. The molecule has 1 spiro atoms. The molecule has 2 fully saturated rings. The van der Waals surface area contributed by atoms with Gasteiger partial charge in [-0.3, -0.25) is 4.79 Å². The molecular formula is C14H25NO2S. The fourth-order valence-electron chi connectivity index (χ4n) is 2.82. The lowest BCUT2D eigenvalue weighted by atomic mass is 9.81. The maximum atomic E-state index is 12.3. The number of carbonyl (C=O) groups is 1. The van der Waals surface area contributed by atoms with Crippen molar-refractivity contribution in [1.29, 1.82) is 0 Å². The number of Topliss-reactive ketones (excluding diaryl/α,β-unsaturated/α-hetero) is 1. The summed E-state index contributed by atoms with van der Waals surface area (Å²) in [4.78, 5) is 12.3. The van der Waals surface area contributed by atoms with E-state index in [9.17, 15) is 4.79 Å². The lowest BCUT2D eigenvalue weighted by Gasteiger charge is -2.37. The van der Waals surface area contributed by atoms with Gasteiger partial charge in [-0.2, -0.15) is 11.8 Å². The Labute approximate surface area is 114 Å². The maximum absolute atomic E-state index is 12.3. The zero-order chi connectivity index (χ0) is 13.2. The average Bonchev–Trinajstić information content (AvgIpc) is 2.73. The van der Waals surface area contributed by atoms with Crippen LogP contribution in [0.1, 0.15) is 46.0 Å². The summed E-state index contributed by atoms with van der Waals surface area (Å²) in [5, 5.41) is 0. The summed E-state index contributed by atoms with van der Waals surface area (Å²) in [7, 11) is 0. The van der Waals surface area contributed by atoms with Crippen LogP contribution in [0.3, 0.4) is 0 Å². The van der Waals surface area contributed by atoms with Gasteiger partial charge < -0.3 is 10.5 Å². The fourth-order valence-corrected chi connectivity index (χ4v) is 4.19. The van der Waals surface area contributed by atoms with Crippen molar-refractivity contribution in [3.8, 4) is 0 Å². The number of thioether (sulfide) groups is 1. The van der Waals surface area contributed by atoms with Gasteiger partial charge in [0.2, 0.25) is 0 Å². The molecule has 2 aliphatic rings. The third-order valence-corrected chi connectivity index (χ3v) is 5.25. The molecule has 0 aliphatic carbocycles. The van der Waals surface area contributed by atoms with Crippen LogP contribution in [0.2, 0.25) is 0 Å². The van der Waals surface area contributed by atoms with Gasteiger partial charge in [0.05, 0.1) is 5.60 Å². The summed E-state index contributed by atoms with van der Waals surface area (Å²) >= 11 is 1.95. The largest absolute Gasteiger partial charge is 0.374 e. The topological polar surface area (TPSA) is 52.3 Å². The molecule has 104 valence electrons. The van der Waals surface area contributed by atoms with Gasteiger partial charge in [-0.05, 0) is 45.3 Å². The molecule has 0 aromatic heterocycles. The van der Waals surface area contributed by atoms with Crippen LogP contribution in [-0.2, 0) is 9.53 Å². The van der Waals surface area contributed by atoms with Crippen LogP contribution in [0.5, 0.6) is 0 Å². The first-order chi connectivity index (χ1) is 8.40. The normalized spacial score (nSPS) is 32.9. The summed E-state index contributed by atoms with van der Waals surface area (Å²) in [5.74, 6) is 2.85. The molecule has 4 heteroatoms. The van der Waals surface area contributed by atoms with Gasteiger partial charge in [0.25, 0.3) is 0 Å². The number of nitrogens with two attached hydrogens (primary N) is 1. The van der Waals surface area contributed by atoms with Crippen molar-refractivity contribution in [3.05, 3.63) is 0 Å². The number of hydrogen-bond acceptors (Lipinski definition) is 4. The van der Waals surface area contributed by atoms with Gasteiger partial charge in [0, 0.05) is 30.2 Å². The Morgan fingerprint density at radius 1 is 1.56 bits per heavy atom. The summed E-state index contributed by atoms with van der Waals surface area (Å²) in [6, 6.07) is 0. The predicted octanol–water partition coefficient (Wildman–Crippen LogP) is 2.38. The van der Waals surface area contributed by atoms with E-state index in [4.69, 9.17) is 10.5 Å². The molecular weight excluding hydrogens is 246 g/mol. The van der Waals surface area contributed by atoms with E-state index in [-0.39, 0.29) is 17.1 Å². The Kier molecular flexibility index (Phi) is 4.40. The summed E-state index contributed by atoms with van der Waals surface area (Å²) in [5.41, 5.74) is 5.73. The van der Waals surface area contributed by atoms with Crippen molar-refractivity contribution in [2.24, 2.45) is 11.7 Å². The number of hydrogen-bond donors (Lipinski definition) is 1. The van der Waals surface area contributed by atoms with Crippen molar-refractivity contribution >= 4 is 17.5 Å². The SMILES string of the molecule is CC(C)(N)CCC(=O)C1CCOC2(CCSC2)C1. The van der Waals surface area contributed by atoms with E-state index in [1.807, 2.05) is 25.6 Å². The van der Waals surface area contributed by atoms with E-state index in [1.54, 1.807) is 0 Å². The molecule has 0 saturated carbocycles. The lowest BCUT2D eigenvalue weighted by Crippen LogP contribution is -2.42. The van der Waals surface area contributed by atoms with Gasteiger partial charge in [-0.15, -0.1) is 0 Å². The Morgan fingerprint density at radius 2 is 2.33 bits per heavy atom. The minimum atomic E-state index is -0.234. The molecule has 2 saturated heterocycles. The molecule has 2 rings (SSSR count). The van der Waals surface area contributed by atoms with E-state index in [0.29, 0.717) is 12.2 Å². The summed E-state index contributed by atoms with van der Waals surface area (Å²) in [6.45, 7) is 4.72. The molecule has 0 radical (unpaired) electrons. The lowest BCUT2D eigenvalue weighted by molar-refractivity contribution is -0.134. The summed E-state index contributed by atoms with van der Waals surface area (Å²) < 4.78 is 5.95.